The highest BCUT2D eigenvalue weighted by Crippen LogP contribution is 2.25. The number of para-hydroxylation sites is 2. The minimum Gasteiger partial charge on any atom is -0.352 e. The van der Waals surface area contributed by atoms with Crippen LogP contribution in [0, 0.1) is 5.92 Å². The van der Waals surface area contributed by atoms with Crippen molar-refractivity contribution in [1.82, 2.24) is 14.9 Å². The molecule has 1 aliphatic rings. The molecule has 0 unspecified atom stereocenters. The van der Waals surface area contributed by atoms with Gasteiger partial charge in [-0.15, -0.1) is 0 Å². The first-order valence-corrected chi connectivity index (χ1v) is 11.1. The van der Waals surface area contributed by atoms with Crippen LogP contribution in [0.3, 0.4) is 0 Å². The van der Waals surface area contributed by atoms with Crippen molar-refractivity contribution in [2.24, 2.45) is 5.92 Å². The molecular formula is C23H25N3O2S. The molecule has 2 aromatic carbocycles. The summed E-state index contributed by atoms with van der Waals surface area (Å²) in [6, 6.07) is 17.0. The van der Waals surface area contributed by atoms with Crippen LogP contribution >= 0.6 is 11.8 Å². The zero-order valence-electron chi connectivity index (χ0n) is 16.5. The van der Waals surface area contributed by atoms with Gasteiger partial charge in [0.1, 0.15) is 0 Å². The lowest BCUT2D eigenvalue weighted by Crippen LogP contribution is -2.41. The van der Waals surface area contributed by atoms with Crippen LogP contribution in [0.1, 0.15) is 32.6 Å². The Balaban J connectivity index is 1.61. The van der Waals surface area contributed by atoms with Gasteiger partial charge in [0.15, 0.2) is 5.16 Å². The molecule has 0 aliphatic heterocycles. The van der Waals surface area contributed by atoms with E-state index in [1.165, 1.54) is 24.6 Å². The zero-order chi connectivity index (χ0) is 20.2. The second-order valence-corrected chi connectivity index (χ2v) is 8.55. The van der Waals surface area contributed by atoms with Crippen molar-refractivity contribution in [2.75, 3.05) is 5.75 Å². The topological polar surface area (TPSA) is 64.0 Å². The lowest BCUT2D eigenvalue weighted by molar-refractivity contribution is -0.119. The maximum atomic E-state index is 13.2. The normalized spacial score (nSPS) is 19.2. The molecule has 6 heteroatoms. The first-order valence-electron chi connectivity index (χ1n) is 10.1. The lowest BCUT2D eigenvalue weighted by atomic mass is 9.86. The fourth-order valence-electron chi connectivity index (χ4n) is 3.92. The highest BCUT2D eigenvalue weighted by molar-refractivity contribution is 7.99. The number of carbonyl (C=O) groups excluding carboxylic acids is 1. The number of hydrogen-bond donors (Lipinski definition) is 1. The van der Waals surface area contributed by atoms with Gasteiger partial charge in [0, 0.05) is 6.04 Å². The van der Waals surface area contributed by atoms with Gasteiger partial charge in [-0.2, -0.15) is 0 Å². The highest BCUT2D eigenvalue weighted by Gasteiger charge is 2.23. The zero-order valence-corrected chi connectivity index (χ0v) is 17.3. The molecule has 1 N–H and O–H groups in total. The van der Waals surface area contributed by atoms with Crippen molar-refractivity contribution >= 4 is 28.6 Å². The van der Waals surface area contributed by atoms with E-state index in [4.69, 9.17) is 4.98 Å². The summed E-state index contributed by atoms with van der Waals surface area (Å²) in [4.78, 5) is 30.4. The molecule has 2 atom stereocenters. The van der Waals surface area contributed by atoms with Gasteiger partial charge in [-0.25, -0.2) is 4.98 Å². The summed E-state index contributed by atoms with van der Waals surface area (Å²) in [6.07, 6.45) is 4.62. The standard InChI is InChI=1S/C23H25N3O2S/c1-16-9-5-7-13-19(16)24-21(27)15-29-23-25-20-14-8-6-12-18(20)22(28)26(23)17-10-3-2-4-11-17/h2-4,6,8,10-12,14,16,19H,5,7,9,13,15H2,1H3,(H,24,27)/t16-,19-/m1/s1. The van der Waals surface area contributed by atoms with Crippen LogP contribution < -0.4 is 10.9 Å². The first kappa shape index (κ1) is 19.7. The molecule has 1 saturated carbocycles. The summed E-state index contributed by atoms with van der Waals surface area (Å²) in [5.41, 5.74) is 1.28. The van der Waals surface area contributed by atoms with Gasteiger partial charge in [0.25, 0.3) is 5.56 Å². The second-order valence-electron chi connectivity index (χ2n) is 7.61. The number of aromatic nitrogens is 2. The van der Waals surface area contributed by atoms with Gasteiger partial charge in [-0.05, 0) is 43.0 Å². The van der Waals surface area contributed by atoms with Gasteiger partial charge >= 0.3 is 0 Å². The Bertz CT molecular complexity index is 1060. The quantitative estimate of drug-likeness (QED) is 0.509. The fourth-order valence-corrected chi connectivity index (χ4v) is 4.75. The largest absolute Gasteiger partial charge is 0.352 e. The van der Waals surface area contributed by atoms with Crippen LogP contribution in [0.4, 0.5) is 0 Å². The first-order chi connectivity index (χ1) is 14.1. The van der Waals surface area contributed by atoms with Crippen LogP contribution in [0.2, 0.25) is 0 Å². The van der Waals surface area contributed by atoms with Gasteiger partial charge in [0.2, 0.25) is 5.91 Å². The summed E-state index contributed by atoms with van der Waals surface area (Å²) < 4.78 is 1.60. The van der Waals surface area contributed by atoms with E-state index in [0.717, 1.165) is 18.5 Å². The Labute approximate surface area is 174 Å². The molecule has 3 aromatic rings. The third-order valence-electron chi connectivity index (χ3n) is 5.55. The van der Waals surface area contributed by atoms with Crippen LogP contribution in [0.25, 0.3) is 16.6 Å². The van der Waals surface area contributed by atoms with Crippen molar-refractivity contribution in [3.05, 3.63) is 65.0 Å². The third-order valence-corrected chi connectivity index (χ3v) is 6.49. The van der Waals surface area contributed by atoms with Crippen molar-refractivity contribution in [2.45, 2.75) is 43.8 Å². The number of hydrogen-bond acceptors (Lipinski definition) is 4. The molecule has 0 bridgehead atoms. The predicted octanol–water partition coefficient (Wildman–Crippen LogP) is 4.17. The molecule has 150 valence electrons. The monoisotopic (exact) mass is 407 g/mol. The Morgan fingerprint density at radius 2 is 1.83 bits per heavy atom. The number of amides is 1. The van der Waals surface area contributed by atoms with E-state index in [0.29, 0.717) is 22.0 Å². The molecule has 0 radical (unpaired) electrons. The SMILES string of the molecule is C[C@@H]1CCCC[C@H]1NC(=O)CSc1nc2ccccc2c(=O)n1-c1ccccc1. The summed E-state index contributed by atoms with van der Waals surface area (Å²) in [5.74, 6) is 0.746. The van der Waals surface area contributed by atoms with Crippen molar-refractivity contribution in [3.63, 3.8) is 0 Å². The molecule has 1 heterocycles. The molecule has 1 aliphatic carbocycles. The van der Waals surface area contributed by atoms with Crippen LogP contribution in [-0.2, 0) is 4.79 Å². The summed E-state index contributed by atoms with van der Waals surface area (Å²) >= 11 is 1.31. The van der Waals surface area contributed by atoms with Gasteiger partial charge in [0.05, 0.1) is 22.3 Å². The van der Waals surface area contributed by atoms with Crippen LogP contribution in [0.15, 0.2) is 64.5 Å². The van der Waals surface area contributed by atoms with E-state index < -0.39 is 0 Å². The maximum absolute atomic E-state index is 13.2. The molecule has 1 amide bonds. The summed E-state index contributed by atoms with van der Waals surface area (Å²) in [7, 11) is 0. The molecule has 4 rings (SSSR count). The minimum absolute atomic E-state index is 0.00392. The van der Waals surface area contributed by atoms with E-state index >= 15 is 0 Å². The highest BCUT2D eigenvalue weighted by atomic mass is 32.2. The molecule has 29 heavy (non-hydrogen) atoms. The average molecular weight is 408 g/mol. The van der Waals surface area contributed by atoms with Gasteiger partial charge in [-0.3, -0.25) is 14.2 Å². The van der Waals surface area contributed by atoms with E-state index in [1.54, 1.807) is 10.6 Å². The summed E-state index contributed by atoms with van der Waals surface area (Å²) in [6.45, 7) is 2.20. The summed E-state index contributed by atoms with van der Waals surface area (Å²) in [5, 5.41) is 4.28. The van der Waals surface area contributed by atoms with Crippen molar-refractivity contribution < 1.29 is 4.79 Å². The maximum Gasteiger partial charge on any atom is 0.266 e. The number of fused-ring (bicyclic) bond motifs is 1. The molecule has 5 nitrogen and oxygen atoms in total. The number of nitrogens with one attached hydrogen (secondary N) is 1. The minimum atomic E-state index is -0.120. The van der Waals surface area contributed by atoms with Crippen molar-refractivity contribution in [1.29, 1.82) is 0 Å². The van der Waals surface area contributed by atoms with Gasteiger partial charge in [-0.1, -0.05) is 61.9 Å². The number of benzene rings is 2. The number of thioether (sulfide) groups is 1. The molecular weight excluding hydrogens is 382 g/mol. The molecule has 0 saturated heterocycles. The van der Waals surface area contributed by atoms with E-state index in [-0.39, 0.29) is 23.3 Å². The van der Waals surface area contributed by atoms with Crippen LogP contribution in [0.5, 0.6) is 0 Å². The average Bonchev–Trinajstić information content (AvgIpc) is 2.75. The number of carbonyl (C=O) groups is 1. The van der Waals surface area contributed by atoms with E-state index in [2.05, 4.69) is 12.2 Å². The Hall–Kier alpha value is -2.60. The third kappa shape index (κ3) is 4.37. The predicted molar refractivity (Wildman–Crippen MR) is 118 cm³/mol. The van der Waals surface area contributed by atoms with Gasteiger partial charge < -0.3 is 5.32 Å². The Morgan fingerprint density at radius 1 is 1.10 bits per heavy atom. The second kappa shape index (κ2) is 8.82. The molecule has 1 aromatic heterocycles. The molecule has 1 fully saturated rings. The Kier molecular flexibility index (Phi) is 6.00. The fraction of sp³-hybridized carbons (Fsp3) is 0.348. The molecule has 0 spiro atoms. The number of nitrogens with zero attached hydrogens (tertiary/aromatic N) is 2. The van der Waals surface area contributed by atoms with Crippen LogP contribution in [-0.4, -0.2) is 27.3 Å². The lowest BCUT2D eigenvalue weighted by Gasteiger charge is -2.29. The smallest absolute Gasteiger partial charge is 0.266 e. The van der Waals surface area contributed by atoms with Crippen molar-refractivity contribution in [3.8, 4) is 5.69 Å². The Morgan fingerprint density at radius 3 is 2.62 bits per heavy atom. The van der Waals surface area contributed by atoms with E-state index in [9.17, 15) is 9.59 Å². The number of rotatable bonds is 5. The van der Waals surface area contributed by atoms with E-state index in [1.807, 2.05) is 48.5 Å².